The molecule has 1 N–H and O–H groups in total. The zero-order valence-electron chi connectivity index (χ0n) is 24.1. The van der Waals surface area contributed by atoms with Gasteiger partial charge in [-0.1, -0.05) is 55.3 Å². The fraction of sp³-hybridized carbons (Fsp3) is 0.355. The quantitative estimate of drug-likeness (QED) is 0.277. The highest BCUT2D eigenvalue weighted by Gasteiger charge is 2.34. The number of amides is 2. The maximum atomic E-state index is 14.1. The molecule has 2 atom stereocenters. The van der Waals surface area contributed by atoms with Gasteiger partial charge in [0.15, 0.2) is 0 Å². The molecule has 0 aliphatic heterocycles. The average Bonchev–Trinajstić information content (AvgIpc) is 2.97. The first-order valence-corrected chi connectivity index (χ1v) is 15.4. The maximum absolute atomic E-state index is 14.1. The van der Waals surface area contributed by atoms with Crippen LogP contribution in [0.3, 0.4) is 0 Å². The van der Waals surface area contributed by atoms with E-state index in [0.717, 1.165) is 21.9 Å². The fourth-order valence-electron chi connectivity index (χ4n) is 4.26. The van der Waals surface area contributed by atoms with E-state index in [0.29, 0.717) is 22.9 Å². The molecule has 0 aromatic heterocycles. The zero-order chi connectivity index (χ0) is 30.2. The largest absolute Gasteiger partial charge is 0.497 e. The second-order valence-corrected chi connectivity index (χ2v) is 12.2. The number of sulfonamides is 1. The van der Waals surface area contributed by atoms with Crippen molar-refractivity contribution in [3.63, 3.8) is 0 Å². The Morgan fingerprint density at radius 2 is 1.54 bits per heavy atom. The first kappa shape index (κ1) is 32.0. The van der Waals surface area contributed by atoms with Crippen molar-refractivity contribution < 1.29 is 22.7 Å². The van der Waals surface area contributed by atoms with Gasteiger partial charge in [-0.15, -0.1) is 0 Å². The molecule has 0 bridgehead atoms. The lowest BCUT2D eigenvalue weighted by Crippen LogP contribution is -2.53. The molecular weight excluding hydrogens is 562 g/mol. The first-order valence-electron chi connectivity index (χ1n) is 13.6. The predicted molar refractivity (Wildman–Crippen MR) is 163 cm³/mol. The van der Waals surface area contributed by atoms with Crippen LogP contribution in [0.2, 0.25) is 5.02 Å². The number of halogens is 1. The Balaban J connectivity index is 2.05. The minimum atomic E-state index is -4.16. The molecular formula is C31H38ClN3O5S. The third-order valence-electron chi connectivity index (χ3n) is 6.90. The molecule has 0 radical (unpaired) electrons. The molecule has 8 nitrogen and oxygen atoms in total. The van der Waals surface area contributed by atoms with Gasteiger partial charge in [-0.25, -0.2) is 8.42 Å². The summed E-state index contributed by atoms with van der Waals surface area (Å²) in [7, 11) is -2.66. The highest BCUT2D eigenvalue weighted by Crippen LogP contribution is 2.26. The van der Waals surface area contributed by atoms with Crippen LogP contribution in [0, 0.1) is 6.92 Å². The molecule has 3 rings (SSSR count). The Hall–Kier alpha value is -3.56. The molecule has 220 valence electrons. The van der Waals surface area contributed by atoms with Crippen LogP contribution in [0.5, 0.6) is 5.75 Å². The first-order chi connectivity index (χ1) is 19.5. The van der Waals surface area contributed by atoms with Crippen LogP contribution < -0.4 is 14.4 Å². The van der Waals surface area contributed by atoms with E-state index >= 15 is 0 Å². The Morgan fingerprint density at radius 1 is 0.927 bits per heavy atom. The van der Waals surface area contributed by atoms with E-state index in [1.54, 1.807) is 60.7 Å². The highest BCUT2D eigenvalue weighted by molar-refractivity contribution is 7.92. The summed E-state index contributed by atoms with van der Waals surface area (Å²) in [6.07, 6.45) is 1.08. The number of carbonyl (C=O) groups is 2. The highest BCUT2D eigenvalue weighted by atomic mass is 35.5. The summed E-state index contributed by atoms with van der Waals surface area (Å²) in [5.74, 6) is -0.290. The van der Waals surface area contributed by atoms with Gasteiger partial charge in [0.2, 0.25) is 11.8 Å². The summed E-state index contributed by atoms with van der Waals surface area (Å²) in [4.78, 5) is 28.9. The van der Waals surface area contributed by atoms with Gasteiger partial charge in [0.05, 0.1) is 17.7 Å². The summed E-state index contributed by atoms with van der Waals surface area (Å²) in [6, 6.07) is 19.0. The van der Waals surface area contributed by atoms with Gasteiger partial charge >= 0.3 is 0 Å². The summed E-state index contributed by atoms with van der Waals surface area (Å²) >= 11 is 6.07. The van der Waals surface area contributed by atoms with E-state index in [9.17, 15) is 18.0 Å². The number of methoxy groups -OCH3 is 1. The number of ether oxygens (including phenoxy) is 1. The van der Waals surface area contributed by atoms with Crippen molar-refractivity contribution in [2.45, 2.75) is 64.1 Å². The minimum Gasteiger partial charge on any atom is -0.497 e. The molecule has 0 aliphatic carbocycles. The number of hydrogen-bond donors (Lipinski definition) is 1. The van der Waals surface area contributed by atoms with E-state index in [1.807, 2.05) is 27.7 Å². The Labute approximate surface area is 248 Å². The van der Waals surface area contributed by atoms with Crippen molar-refractivity contribution in [1.82, 2.24) is 10.2 Å². The minimum absolute atomic E-state index is 0.0116. The van der Waals surface area contributed by atoms with Crippen LogP contribution in [-0.2, 0) is 26.2 Å². The van der Waals surface area contributed by atoms with E-state index in [4.69, 9.17) is 16.3 Å². The van der Waals surface area contributed by atoms with Gasteiger partial charge in [0, 0.05) is 17.6 Å². The molecule has 0 heterocycles. The zero-order valence-corrected chi connectivity index (χ0v) is 25.7. The number of carbonyl (C=O) groups excluding carboxylic acids is 2. The summed E-state index contributed by atoms with van der Waals surface area (Å²) in [5, 5.41) is 3.52. The van der Waals surface area contributed by atoms with Crippen LogP contribution in [0.15, 0.2) is 77.7 Å². The molecule has 0 aliphatic rings. The molecule has 0 spiro atoms. The third kappa shape index (κ3) is 8.24. The van der Waals surface area contributed by atoms with Crippen LogP contribution in [0.4, 0.5) is 5.69 Å². The lowest BCUT2D eigenvalue weighted by molar-refractivity contribution is -0.140. The number of rotatable bonds is 13. The van der Waals surface area contributed by atoms with Gasteiger partial charge in [0.25, 0.3) is 10.0 Å². The molecule has 2 amide bonds. The number of hydrogen-bond acceptors (Lipinski definition) is 5. The second-order valence-electron chi connectivity index (χ2n) is 9.91. The molecule has 2 unspecified atom stereocenters. The van der Waals surface area contributed by atoms with Gasteiger partial charge in [-0.3, -0.25) is 13.9 Å². The standard InChI is InChI=1S/C31H38ClN3O5S/c1-6-23(4)33-31(37)29(7-2)34(20-24-10-12-25(32)13-11-24)30(36)21-35(26-14-8-22(3)9-15-26)41(38,39)28-18-16-27(40-5)17-19-28/h8-19,23,29H,6-7,20-21H2,1-5H3,(H,33,37). The van der Waals surface area contributed by atoms with Gasteiger partial charge < -0.3 is 15.0 Å². The lowest BCUT2D eigenvalue weighted by atomic mass is 10.1. The van der Waals surface area contributed by atoms with Gasteiger partial charge in [-0.2, -0.15) is 0 Å². The molecule has 0 fully saturated rings. The summed E-state index contributed by atoms with van der Waals surface area (Å²) in [5.41, 5.74) is 2.04. The van der Waals surface area contributed by atoms with Gasteiger partial charge in [-0.05, 0) is 80.8 Å². The SMILES string of the molecule is CCC(C)NC(=O)C(CC)N(Cc1ccc(Cl)cc1)C(=O)CN(c1ccc(C)cc1)S(=O)(=O)c1ccc(OC)cc1. The molecule has 10 heteroatoms. The molecule has 3 aromatic rings. The number of anilines is 1. The van der Waals surface area contributed by atoms with Crippen molar-refractivity contribution >= 4 is 39.1 Å². The van der Waals surface area contributed by atoms with Crippen molar-refractivity contribution in [3.8, 4) is 5.75 Å². The number of aryl methyl sites for hydroxylation is 1. The van der Waals surface area contributed by atoms with E-state index in [-0.39, 0.29) is 23.4 Å². The van der Waals surface area contributed by atoms with E-state index in [2.05, 4.69) is 5.32 Å². The van der Waals surface area contributed by atoms with Gasteiger partial charge in [0.1, 0.15) is 18.3 Å². The van der Waals surface area contributed by atoms with Crippen molar-refractivity contribution in [2.24, 2.45) is 0 Å². The average molecular weight is 600 g/mol. The Kier molecular flexibility index (Phi) is 11.2. The van der Waals surface area contributed by atoms with Crippen molar-refractivity contribution in [3.05, 3.63) is 88.9 Å². The van der Waals surface area contributed by atoms with Crippen LogP contribution in [0.1, 0.15) is 44.7 Å². The van der Waals surface area contributed by atoms with Crippen molar-refractivity contribution in [1.29, 1.82) is 0 Å². The monoisotopic (exact) mass is 599 g/mol. The normalized spacial score (nSPS) is 12.7. The molecule has 41 heavy (non-hydrogen) atoms. The predicted octanol–water partition coefficient (Wildman–Crippen LogP) is 5.57. The van der Waals surface area contributed by atoms with Crippen LogP contribution in [-0.4, -0.2) is 50.9 Å². The summed E-state index contributed by atoms with van der Waals surface area (Å²) in [6.45, 7) is 7.19. The van der Waals surface area contributed by atoms with Crippen LogP contribution >= 0.6 is 11.6 Å². The van der Waals surface area contributed by atoms with E-state index < -0.39 is 28.5 Å². The number of nitrogens with one attached hydrogen (secondary N) is 1. The smallest absolute Gasteiger partial charge is 0.264 e. The Morgan fingerprint density at radius 3 is 2.07 bits per heavy atom. The fourth-order valence-corrected chi connectivity index (χ4v) is 5.80. The van der Waals surface area contributed by atoms with Crippen molar-refractivity contribution in [2.75, 3.05) is 18.0 Å². The third-order valence-corrected chi connectivity index (χ3v) is 8.94. The lowest BCUT2D eigenvalue weighted by Gasteiger charge is -2.33. The molecule has 3 aromatic carbocycles. The molecule has 0 saturated heterocycles. The number of nitrogens with zero attached hydrogens (tertiary/aromatic N) is 2. The summed E-state index contributed by atoms with van der Waals surface area (Å²) < 4.78 is 34.2. The maximum Gasteiger partial charge on any atom is 0.264 e. The Bertz CT molecular complexity index is 1410. The topological polar surface area (TPSA) is 96.0 Å². The second kappa shape index (κ2) is 14.4. The molecule has 0 saturated carbocycles. The number of benzene rings is 3. The van der Waals surface area contributed by atoms with E-state index in [1.165, 1.54) is 24.1 Å². The van der Waals surface area contributed by atoms with Crippen LogP contribution in [0.25, 0.3) is 0 Å².